The van der Waals surface area contributed by atoms with Crippen LogP contribution in [0.25, 0.3) is 0 Å². The molecular formula is C21H27N5O2S. The molecule has 1 atom stereocenters. The molecule has 3 aliphatic rings. The molecule has 2 fully saturated rings. The number of thiazole rings is 1. The summed E-state index contributed by atoms with van der Waals surface area (Å²) in [6.07, 6.45) is 9.74. The van der Waals surface area contributed by atoms with E-state index in [2.05, 4.69) is 9.97 Å². The third-order valence-electron chi connectivity index (χ3n) is 6.31. The second kappa shape index (κ2) is 8.36. The molecule has 7 nitrogen and oxygen atoms in total. The van der Waals surface area contributed by atoms with E-state index < -0.39 is 0 Å². The lowest BCUT2D eigenvalue weighted by Gasteiger charge is -2.34. The number of fused-ring (bicyclic) bond motifs is 1. The number of hydrogen-bond acceptors (Lipinski definition) is 6. The lowest BCUT2D eigenvalue weighted by atomic mass is 9.96. The van der Waals surface area contributed by atoms with Gasteiger partial charge in [-0.05, 0) is 43.6 Å². The largest absolute Gasteiger partial charge is 0.381 e. The summed E-state index contributed by atoms with van der Waals surface area (Å²) in [5.74, 6) is 1.51. The second-order valence-corrected chi connectivity index (χ2v) is 9.12. The number of aromatic nitrogens is 3. The van der Waals surface area contributed by atoms with Crippen LogP contribution in [0.15, 0.2) is 17.8 Å². The fourth-order valence-electron chi connectivity index (χ4n) is 4.65. The molecule has 1 unspecified atom stereocenters. The topological polar surface area (TPSA) is 71.5 Å². The molecule has 5 heterocycles. The number of rotatable bonds is 3. The molecule has 5 rings (SSSR count). The molecule has 2 aromatic rings. The minimum Gasteiger partial charge on any atom is -0.381 e. The van der Waals surface area contributed by atoms with Crippen molar-refractivity contribution in [3.63, 3.8) is 0 Å². The lowest BCUT2D eigenvalue weighted by Crippen LogP contribution is -2.45. The van der Waals surface area contributed by atoms with E-state index in [0.29, 0.717) is 12.5 Å². The quantitative estimate of drug-likeness (QED) is 0.773. The number of nitrogens with zero attached hydrogens (tertiary/aromatic N) is 5. The van der Waals surface area contributed by atoms with Crippen LogP contribution in [-0.2, 0) is 24.1 Å². The zero-order chi connectivity index (χ0) is 19.6. The highest BCUT2D eigenvalue weighted by molar-refractivity contribution is 7.09. The van der Waals surface area contributed by atoms with Crippen LogP contribution in [0.3, 0.4) is 0 Å². The molecule has 2 saturated heterocycles. The van der Waals surface area contributed by atoms with E-state index in [1.165, 1.54) is 5.56 Å². The Balaban J connectivity index is 1.28. The molecule has 2 aromatic heterocycles. The first-order valence-corrected chi connectivity index (χ1v) is 11.5. The Morgan fingerprint density at radius 1 is 1.21 bits per heavy atom. The van der Waals surface area contributed by atoms with Crippen molar-refractivity contribution in [2.75, 3.05) is 26.3 Å². The second-order valence-electron chi connectivity index (χ2n) is 8.19. The van der Waals surface area contributed by atoms with Crippen molar-refractivity contribution >= 4 is 17.4 Å². The molecule has 8 heteroatoms. The normalized spacial score (nSPS) is 22.7. The molecule has 154 valence electrons. The fraction of sp³-hybridized carbons (Fsp3) is 0.619. The summed E-state index contributed by atoms with van der Waals surface area (Å²) in [5, 5.41) is 3.04. The molecule has 29 heavy (non-hydrogen) atoms. The van der Waals surface area contributed by atoms with Crippen LogP contribution in [0.2, 0.25) is 0 Å². The molecule has 0 N–H and O–H groups in total. The number of carbonyl (C=O) groups is 1. The van der Waals surface area contributed by atoms with E-state index in [1.54, 1.807) is 11.3 Å². The summed E-state index contributed by atoms with van der Waals surface area (Å²) in [4.78, 5) is 31.2. The Bertz CT molecular complexity index is 853. The van der Waals surface area contributed by atoms with Gasteiger partial charge in [-0.1, -0.05) is 0 Å². The predicted molar refractivity (Wildman–Crippen MR) is 110 cm³/mol. The average Bonchev–Trinajstić information content (AvgIpc) is 3.45. The number of carbonyl (C=O) groups excluding carboxylic acids is 1. The van der Waals surface area contributed by atoms with Gasteiger partial charge >= 0.3 is 6.03 Å². The van der Waals surface area contributed by atoms with Crippen LogP contribution < -0.4 is 0 Å². The smallest absolute Gasteiger partial charge is 0.320 e. The molecular weight excluding hydrogens is 386 g/mol. The zero-order valence-corrected chi connectivity index (χ0v) is 17.4. The van der Waals surface area contributed by atoms with Gasteiger partial charge < -0.3 is 14.5 Å². The highest BCUT2D eigenvalue weighted by Gasteiger charge is 2.35. The summed E-state index contributed by atoms with van der Waals surface area (Å²) in [6, 6.07) is 0.247. The summed E-state index contributed by atoms with van der Waals surface area (Å²) < 4.78 is 5.46. The van der Waals surface area contributed by atoms with Gasteiger partial charge in [0.1, 0.15) is 10.8 Å². The Morgan fingerprint density at radius 2 is 2.10 bits per heavy atom. The van der Waals surface area contributed by atoms with Gasteiger partial charge in [-0.15, -0.1) is 11.3 Å². The van der Waals surface area contributed by atoms with Crippen molar-refractivity contribution in [2.24, 2.45) is 5.92 Å². The van der Waals surface area contributed by atoms with Crippen molar-refractivity contribution in [1.82, 2.24) is 24.8 Å². The van der Waals surface area contributed by atoms with E-state index >= 15 is 0 Å². The molecule has 0 aromatic carbocycles. The van der Waals surface area contributed by atoms with Crippen molar-refractivity contribution in [3.05, 3.63) is 39.9 Å². The Labute approximate surface area is 175 Å². The maximum absolute atomic E-state index is 13.3. The first kappa shape index (κ1) is 18.9. The van der Waals surface area contributed by atoms with Crippen LogP contribution in [0, 0.1) is 5.92 Å². The number of amides is 2. The third kappa shape index (κ3) is 4.00. The van der Waals surface area contributed by atoms with E-state index in [4.69, 9.17) is 9.72 Å². The first-order valence-electron chi connectivity index (χ1n) is 10.6. The van der Waals surface area contributed by atoms with Crippen LogP contribution in [0.4, 0.5) is 4.79 Å². The van der Waals surface area contributed by atoms with Crippen molar-refractivity contribution < 1.29 is 9.53 Å². The Morgan fingerprint density at radius 3 is 2.93 bits per heavy atom. The van der Waals surface area contributed by atoms with Crippen LogP contribution in [0.1, 0.15) is 53.8 Å². The monoisotopic (exact) mass is 413 g/mol. The highest BCUT2D eigenvalue weighted by Crippen LogP contribution is 2.34. The number of ether oxygens (including phenoxy) is 1. The van der Waals surface area contributed by atoms with Gasteiger partial charge in [-0.2, -0.15) is 0 Å². The van der Waals surface area contributed by atoms with Gasteiger partial charge in [0.25, 0.3) is 0 Å². The zero-order valence-electron chi connectivity index (χ0n) is 16.6. The molecule has 0 saturated carbocycles. The van der Waals surface area contributed by atoms with Gasteiger partial charge in [0.15, 0.2) is 0 Å². The van der Waals surface area contributed by atoms with Crippen molar-refractivity contribution in [2.45, 2.75) is 51.1 Å². The van der Waals surface area contributed by atoms with E-state index in [9.17, 15) is 4.79 Å². The van der Waals surface area contributed by atoms with Crippen molar-refractivity contribution in [1.29, 1.82) is 0 Å². The van der Waals surface area contributed by atoms with E-state index in [1.807, 2.05) is 27.6 Å². The lowest BCUT2D eigenvalue weighted by molar-refractivity contribution is 0.0659. The van der Waals surface area contributed by atoms with Crippen LogP contribution in [0.5, 0.6) is 0 Å². The molecule has 0 radical (unpaired) electrons. The maximum Gasteiger partial charge on any atom is 0.320 e. The van der Waals surface area contributed by atoms with Crippen molar-refractivity contribution in [3.8, 4) is 0 Å². The molecule has 3 aliphatic heterocycles. The highest BCUT2D eigenvalue weighted by atomic mass is 32.1. The van der Waals surface area contributed by atoms with E-state index in [0.717, 1.165) is 81.4 Å². The molecule has 2 amide bonds. The first-order chi connectivity index (χ1) is 14.3. The summed E-state index contributed by atoms with van der Waals surface area (Å²) in [6.45, 7) is 3.81. The van der Waals surface area contributed by atoms with Crippen LogP contribution >= 0.6 is 11.3 Å². The average molecular weight is 414 g/mol. The number of hydrogen-bond donors (Lipinski definition) is 0. The standard InChI is InChI=1S/C21H27N5O2S/c27-21(26-7-1-2-18(26)20-22-6-11-29-20)25-8-3-16-13-23-19(24-17(16)14-25)12-15-4-9-28-10-5-15/h6,11,13,15,18H,1-5,7-10,12,14H2. The maximum atomic E-state index is 13.3. The SMILES string of the molecule is O=C(N1CCc2cnc(CC3CCOCC3)nc2C1)N1CCCC1c1nccs1. The van der Waals surface area contributed by atoms with Crippen LogP contribution in [-0.4, -0.2) is 57.1 Å². The van der Waals surface area contributed by atoms with Gasteiger partial charge in [0.05, 0.1) is 18.3 Å². The third-order valence-corrected chi connectivity index (χ3v) is 7.19. The summed E-state index contributed by atoms with van der Waals surface area (Å²) in [7, 11) is 0. The molecule has 0 spiro atoms. The van der Waals surface area contributed by atoms with Gasteiger partial charge in [-0.3, -0.25) is 0 Å². The fourth-order valence-corrected chi connectivity index (χ4v) is 5.43. The summed E-state index contributed by atoms with van der Waals surface area (Å²) in [5.41, 5.74) is 2.20. The molecule has 0 bridgehead atoms. The van der Waals surface area contributed by atoms with Gasteiger partial charge in [0.2, 0.25) is 0 Å². The number of likely N-dealkylation sites (tertiary alicyclic amines) is 1. The van der Waals surface area contributed by atoms with Gasteiger partial charge in [0, 0.05) is 50.5 Å². The minimum absolute atomic E-state index is 0.123. The predicted octanol–water partition coefficient (Wildman–Crippen LogP) is 3.22. The van der Waals surface area contributed by atoms with Gasteiger partial charge in [-0.25, -0.2) is 19.7 Å². The Kier molecular flexibility index (Phi) is 5.46. The number of urea groups is 1. The minimum atomic E-state index is 0.123. The van der Waals surface area contributed by atoms with E-state index in [-0.39, 0.29) is 12.1 Å². The summed E-state index contributed by atoms with van der Waals surface area (Å²) >= 11 is 1.64. The molecule has 0 aliphatic carbocycles. The Hall–Kier alpha value is -2.06.